The van der Waals surface area contributed by atoms with E-state index in [0.29, 0.717) is 29.5 Å². The molecule has 2 amide bonds. The molecule has 2 N–H and O–H groups in total. The van der Waals surface area contributed by atoms with E-state index in [1.54, 1.807) is 18.2 Å². The topological polar surface area (TPSA) is 74.2 Å². The minimum Gasteiger partial charge on any atom is -0.489 e. The first kappa shape index (κ1) is 16.8. The van der Waals surface area contributed by atoms with Crippen LogP contribution in [-0.2, 0) is 0 Å². The Kier molecular flexibility index (Phi) is 6.54. The zero-order valence-corrected chi connectivity index (χ0v) is 13.1. The van der Waals surface area contributed by atoms with Crippen LogP contribution in [0.4, 0.5) is 10.5 Å². The predicted molar refractivity (Wildman–Crippen MR) is 83.4 cm³/mol. The first-order valence-electron chi connectivity index (χ1n) is 7.18. The van der Waals surface area contributed by atoms with Gasteiger partial charge in [-0.1, -0.05) is 13.8 Å². The number of nitriles is 1. The van der Waals surface area contributed by atoms with Gasteiger partial charge in [0.25, 0.3) is 0 Å². The van der Waals surface area contributed by atoms with Crippen LogP contribution in [0.25, 0.3) is 0 Å². The predicted octanol–water partition coefficient (Wildman–Crippen LogP) is 3.51. The number of anilines is 1. The van der Waals surface area contributed by atoms with Gasteiger partial charge in [0, 0.05) is 6.54 Å². The Morgan fingerprint density at radius 1 is 1.33 bits per heavy atom. The molecule has 0 saturated heterocycles. The average Bonchev–Trinajstić information content (AvgIpc) is 2.39. The summed E-state index contributed by atoms with van der Waals surface area (Å²) in [5.41, 5.74) is 0.980. The molecule has 0 aliphatic heterocycles. The molecule has 0 unspecified atom stereocenters. The van der Waals surface area contributed by atoms with Crippen LogP contribution < -0.4 is 15.4 Å². The Bertz CT molecular complexity index is 519. The molecule has 0 heterocycles. The Hall–Kier alpha value is -2.22. The summed E-state index contributed by atoms with van der Waals surface area (Å²) in [6.45, 7) is 8.63. The fraction of sp³-hybridized carbons (Fsp3) is 0.500. The van der Waals surface area contributed by atoms with Crippen LogP contribution in [0.1, 0.15) is 39.7 Å². The van der Waals surface area contributed by atoms with Crippen LogP contribution in [0.5, 0.6) is 5.75 Å². The molecule has 1 aromatic carbocycles. The van der Waals surface area contributed by atoms with Crippen LogP contribution in [0.3, 0.4) is 0 Å². The lowest BCUT2D eigenvalue weighted by atomic mass is 10.1. The van der Waals surface area contributed by atoms with Crippen LogP contribution in [0, 0.1) is 17.2 Å². The van der Waals surface area contributed by atoms with Gasteiger partial charge in [0.2, 0.25) is 0 Å². The smallest absolute Gasteiger partial charge is 0.319 e. The first-order chi connectivity index (χ1) is 9.92. The lowest BCUT2D eigenvalue weighted by Gasteiger charge is -2.15. The first-order valence-corrected chi connectivity index (χ1v) is 7.18. The number of carbonyl (C=O) groups excluding carboxylic acids is 1. The standard InChI is InChI=1S/C16H23N3O2/c1-11(2)7-8-18-16(20)19-14-9-13(10-17)5-6-15(14)21-12(3)4/h5-6,9,11-12H,7-8H2,1-4H3,(H2,18,19,20). The molecule has 0 radical (unpaired) electrons. The molecule has 21 heavy (non-hydrogen) atoms. The van der Waals surface area contributed by atoms with E-state index in [9.17, 15) is 4.79 Å². The number of nitrogens with zero attached hydrogens (tertiary/aromatic N) is 1. The van der Waals surface area contributed by atoms with E-state index in [0.717, 1.165) is 6.42 Å². The van der Waals surface area contributed by atoms with Crippen molar-refractivity contribution in [2.75, 3.05) is 11.9 Å². The number of nitrogens with one attached hydrogen (secondary N) is 2. The number of hydrogen-bond acceptors (Lipinski definition) is 3. The van der Waals surface area contributed by atoms with Gasteiger partial charge in [-0.15, -0.1) is 0 Å². The molecule has 0 bridgehead atoms. The lowest BCUT2D eigenvalue weighted by Crippen LogP contribution is -2.30. The number of benzene rings is 1. The summed E-state index contributed by atoms with van der Waals surface area (Å²) in [6.07, 6.45) is 0.906. The SMILES string of the molecule is CC(C)CCNC(=O)Nc1cc(C#N)ccc1OC(C)C. The number of rotatable bonds is 6. The summed E-state index contributed by atoms with van der Waals surface area (Å²) >= 11 is 0. The third-order valence-corrected chi connectivity index (χ3v) is 2.73. The second-order valence-corrected chi connectivity index (χ2v) is 5.55. The van der Waals surface area contributed by atoms with E-state index in [1.165, 1.54) is 0 Å². The van der Waals surface area contributed by atoms with E-state index < -0.39 is 0 Å². The van der Waals surface area contributed by atoms with Crippen molar-refractivity contribution >= 4 is 11.7 Å². The summed E-state index contributed by atoms with van der Waals surface area (Å²) in [5.74, 6) is 1.09. The molecule has 1 aromatic rings. The normalized spacial score (nSPS) is 10.3. The third kappa shape index (κ3) is 6.17. The summed E-state index contributed by atoms with van der Waals surface area (Å²) < 4.78 is 5.64. The molecule has 0 aliphatic carbocycles. The summed E-state index contributed by atoms with van der Waals surface area (Å²) in [7, 11) is 0. The van der Waals surface area contributed by atoms with Crippen molar-refractivity contribution < 1.29 is 9.53 Å². The molecule has 114 valence electrons. The second kappa shape index (κ2) is 8.15. The Morgan fingerprint density at radius 2 is 2.05 bits per heavy atom. The fourth-order valence-corrected chi connectivity index (χ4v) is 1.69. The van der Waals surface area contributed by atoms with Crippen molar-refractivity contribution in [3.8, 4) is 11.8 Å². The zero-order chi connectivity index (χ0) is 15.8. The Labute approximate surface area is 126 Å². The zero-order valence-electron chi connectivity index (χ0n) is 13.1. The third-order valence-electron chi connectivity index (χ3n) is 2.73. The van der Waals surface area contributed by atoms with Crippen molar-refractivity contribution in [1.82, 2.24) is 5.32 Å². The van der Waals surface area contributed by atoms with Crippen LogP contribution in [-0.4, -0.2) is 18.7 Å². The largest absolute Gasteiger partial charge is 0.489 e. The maximum atomic E-state index is 11.9. The van der Waals surface area contributed by atoms with E-state index in [2.05, 4.69) is 30.6 Å². The average molecular weight is 289 g/mol. The van der Waals surface area contributed by atoms with Gasteiger partial charge in [-0.05, 0) is 44.4 Å². The molecule has 0 atom stereocenters. The number of ether oxygens (including phenoxy) is 1. The van der Waals surface area contributed by atoms with E-state index in [-0.39, 0.29) is 12.1 Å². The molecule has 0 aromatic heterocycles. The fourth-order valence-electron chi connectivity index (χ4n) is 1.69. The summed E-state index contributed by atoms with van der Waals surface area (Å²) in [6, 6.07) is 6.73. The maximum absolute atomic E-state index is 11.9. The number of hydrogen-bond donors (Lipinski definition) is 2. The minimum atomic E-state index is -0.292. The summed E-state index contributed by atoms with van der Waals surface area (Å²) in [4.78, 5) is 11.9. The van der Waals surface area contributed by atoms with Crippen LogP contribution >= 0.6 is 0 Å². The monoisotopic (exact) mass is 289 g/mol. The van der Waals surface area contributed by atoms with Crippen molar-refractivity contribution in [3.05, 3.63) is 23.8 Å². The van der Waals surface area contributed by atoms with Crippen LogP contribution in [0.2, 0.25) is 0 Å². The van der Waals surface area contributed by atoms with E-state index in [4.69, 9.17) is 10.00 Å². The Balaban J connectivity index is 2.75. The summed E-state index contributed by atoms with van der Waals surface area (Å²) in [5, 5.41) is 14.5. The number of urea groups is 1. The molecule has 0 aliphatic rings. The quantitative estimate of drug-likeness (QED) is 0.841. The second-order valence-electron chi connectivity index (χ2n) is 5.55. The molecule has 1 rings (SSSR count). The Morgan fingerprint density at radius 3 is 2.62 bits per heavy atom. The van der Waals surface area contributed by atoms with Crippen molar-refractivity contribution in [2.24, 2.45) is 5.92 Å². The van der Waals surface area contributed by atoms with Gasteiger partial charge in [0.15, 0.2) is 0 Å². The van der Waals surface area contributed by atoms with E-state index >= 15 is 0 Å². The minimum absolute atomic E-state index is 0.0116. The van der Waals surface area contributed by atoms with E-state index in [1.807, 2.05) is 13.8 Å². The molecule has 5 nitrogen and oxygen atoms in total. The number of amides is 2. The highest BCUT2D eigenvalue weighted by atomic mass is 16.5. The van der Waals surface area contributed by atoms with Gasteiger partial charge >= 0.3 is 6.03 Å². The highest BCUT2D eigenvalue weighted by molar-refractivity contribution is 5.91. The molecular formula is C16H23N3O2. The van der Waals surface area contributed by atoms with Gasteiger partial charge in [0.1, 0.15) is 5.75 Å². The van der Waals surface area contributed by atoms with Crippen LogP contribution in [0.15, 0.2) is 18.2 Å². The van der Waals surface area contributed by atoms with Crippen molar-refractivity contribution in [1.29, 1.82) is 5.26 Å². The molecule has 0 fully saturated rings. The number of carbonyl (C=O) groups is 1. The molecule has 0 saturated carbocycles. The van der Waals surface area contributed by atoms with Gasteiger partial charge in [-0.2, -0.15) is 5.26 Å². The van der Waals surface area contributed by atoms with Gasteiger partial charge in [-0.3, -0.25) is 0 Å². The van der Waals surface area contributed by atoms with Gasteiger partial charge in [0.05, 0.1) is 23.4 Å². The molecular weight excluding hydrogens is 266 g/mol. The molecule has 5 heteroatoms. The van der Waals surface area contributed by atoms with Crippen molar-refractivity contribution in [3.63, 3.8) is 0 Å². The maximum Gasteiger partial charge on any atom is 0.319 e. The van der Waals surface area contributed by atoms with Gasteiger partial charge < -0.3 is 15.4 Å². The molecule has 0 spiro atoms. The lowest BCUT2D eigenvalue weighted by molar-refractivity contribution is 0.241. The highest BCUT2D eigenvalue weighted by Gasteiger charge is 2.10. The highest BCUT2D eigenvalue weighted by Crippen LogP contribution is 2.26. The van der Waals surface area contributed by atoms with Crippen molar-refractivity contribution in [2.45, 2.75) is 40.2 Å². The van der Waals surface area contributed by atoms with Gasteiger partial charge in [-0.25, -0.2) is 4.79 Å².